The molecule has 4 N–H and O–H groups in total. The van der Waals surface area contributed by atoms with Crippen LogP contribution in [0.15, 0.2) is 73.1 Å². The number of aromatic amines is 2. The summed E-state index contributed by atoms with van der Waals surface area (Å²) < 4.78 is 9.26. The Morgan fingerprint density at radius 3 is 2.14 bits per heavy atom. The summed E-state index contributed by atoms with van der Waals surface area (Å²) in [6, 6.07) is 21.1. The van der Waals surface area contributed by atoms with Crippen molar-refractivity contribution in [3.8, 4) is 33.6 Å². The molecule has 8 rings (SSSR count). The number of benzene rings is 3. The van der Waals surface area contributed by atoms with E-state index in [2.05, 4.69) is 103 Å². The lowest BCUT2D eigenvalue weighted by atomic mass is 9.97. The summed E-state index contributed by atoms with van der Waals surface area (Å²) in [6.07, 6.45) is 7.44. The Balaban J connectivity index is 0.932. The molecular formula is C42H46N8O6. The summed E-state index contributed by atoms with van der Waals surface area (Å²) >= 11 is 0. The average molecular weight is 759 g/mol. The Kier molecular flexibility index (Phi) is 9.96. The number of carbonyl (C=O) groups excluding carboxylic acids is 4. The van der Waals surface area contributed by atoms with E-state index >= 15 is 0 Å². The van der Waals surface area contributed by atoms with Gasteiger partial charge in [-0.2, -0.15) is 0 Å². The third kappa shape index (κ3) is 7.68. The fourth-order valence-corrected chi connectivity index (χ4v) is 8.25. The van der Waals surface area contributed by atoms with Crippen molar-refractivity contribution in [1.82, 2.24) is 40.4 Å². The average Bonchev–Trinajstić information content (AvgIpc) is 3.77. The number of ether oxygens (including phenoxy) is 2. The van der Waals surface area contributed by atoms with E-state index in [-0.39, 0.29) is 42.4 Å². The van der Waals surface area contributed by atoms with Crippen LogP contribution in [0.1, 0.15) is 56.7 Å². The van der Waals surface area contributed by atoms with Gasteiger partial charge in [-0.25, -0.2) is 19.6 Å². The van der Waals surface area contributed by atoms with Gasteiger partial charge in [-0.1, -0.05) is 55.5 Å². The van der Waals surface area contributed by atoms with E-state index in [1.807, 2.05) is 11.1 Å². The largest absolute Gasteiger partial charge is 0.453 e. The first-order chi connectivity index (χ1) is 27.1. The minimum absolute atomic E-state index is 0.0936. The van der Waals surface area contributed by atoms with Crippen LogP contribution in [0.5, 0.6) is 0 Å². The second-order valence-electron chi connectivity index (χ2n) is 15.5. The SMILES string of the molecule is COC(=O)NCC(=O)N(Cc1ncc(-c2ccc(-c3ccc4cc(-c5cnc([C@@H]6[C@H]7CCC(C7)N6C(=O)CNC(=O)OC)[nH]5)ccc4c3)cc2)[nH]1)CC1(C)CC1. The maximum atomic E-state index is 13.2. The number of hydrogen-bond acceptors (Lipinski definition) is 8. The molecule has 2 aromatic heterocycles. The van der Waals surface area contributed by atoms with Gasteiger partial charge in [-0.05, 0) is 83.0 Å². The molecule has 0 spiro atoms. The normalized spacial score (nSPS) is 19.1. The Hall–Kier alpha value is -6.18. The summed E-state index contributed by atoms with van der Waals surface area (Å²) in [5.41, 5.74) is 6.00. The maximum Gasteiger partial charge on any atom is 0.407 e. The summed E-state index contributed by atoms with van der Waals surface area (Å²) in [4.78, 5) is 69.2. The Labute approximate surface area is 324 Å². The lowest BCUT2D eigenvalue weighted by Gasteiger charge is -2.34. The molecule has 3 heterocycles. The van der Waals surface area contributed by atoms with Crippen molar-refractivity contribution in [3.05, 3.63) is 84.7 Å². The molecule has 1 unspecified atom stereocenters. The molecule has 14 heteroatoms. The fraction of sp³-hybridized carbons (Fsp3) is 0.381. The molecule has 14 nitrogen and oxygen atoms in total. The second-order valence-corrected chi connectivity index (χ2v) is 15.5. The zero-order valence-corrected chi connectivity index (χ0v) is 31.8. The fourth-order valence-electron chi connectivity index (χ4n) is 8.25. The van der Waals surface area contributed by atoms with Crippen LogP contribution in [0.2, 0.25) is 0 Å². The highest BCUT2D eigenvalue weighted by Crippen LogP contribution is 2.50. The minimum atomic E-state index is -0.637. The Morgan fingerprint density at radius 2 is 1.43 bits per heavy atom. The number of H-pyrrole nitrogens is 2. The van der Waals surface area contributed by atoms with Crippen LogP contribution in [0, 0.1) is 11.3 Å². The minimum Gasteiger partial charge on any atom is -0.453 e. The first kappa shape index (κ1) is 36.8. The second kappa shape index (κ2) is 15.2. The number of nitrogens with one attached hydrogen (secondary N) is 4. The van der Waals surface area contributed by atoms with Gasteiger partial charge in [0.1, 0.15) is 24.7 Å². The summed E-state index contributed by atoms with van der Waals surface area (Å²) in [5, 5.41) is 7.22. The van der Waals surface area contributed by atoms with Gasteiger partial charge in [0.15, 0.2) is 0 Å². The number of fused-ring (bicyclic) bond motifs is 3. The Morgan fingerprint density at radius 1 is 0.804 bits per heavy atom. The Bertz CT molecular complexity index is 2280. The van der Waals surface area contributed by atoms with Gasteiger partial charge in [0.2, 0.25) is 11.8 Å². The van der Waals surface area contributed by atoms with Crippen LogP contribution < -0.4 is 10.6 Å². The molecule has 3 aliphatic rings. The highest BCUT2D eigenvalue weighted by atomic mass is 16.5. The molecule has 3 fully saturated rings. The van der Waals surface area contributed by atoms with Gasteiger partial charge in [0.05, 0.1) is 50.6 Å². The first-order valence-electron chi connectivity index (χ1n) is 19.1. The lowest BCUT2D eigenvalue weighted by Crippen LogP contribution is -2.45. The number of amides is 4. The highest BCUT2D eigenvalue weighted by molar-refractivity contribution is 5.91. The van der Waals surface area contributed by atoms with Crippen LogP contribution in [-0.2, 0) is 25.6 Å². The van der Waals surface area contributed by atoms with Crippen LogP contribution >= 0.6 is 0 Å². The number of imidazole rings is 2. The number of piperidine rings is 1. The standard InChI is InChI=1S/C42H46N8O6/c1-42(14-15-42)24-49(36(51)21-45-40(53)55-2)23-35-43-19-33(47-35)26-6-4-25(5-7-26)27-8-9-29-17-30(11-10-28(29)16-27)34-20-44-39(48-34)38-31-12-13-32(18-31)50(38)37(52)22-46-41(54)56-3/h4-11,16-17,19-20,31-32,38H,12-15,18,21-24H2,1-3H3,(H,43,47)(H,44,48)(H,45,53)(H,46,54)/t31-,32?,38-/m0/s1. The maximum absolute atomic E-state index is 13.2. The number of methoxy groups -OCH3 is 2. The van der Waals surface area contributed by atoms with Gasteiger partial charge < -0.3 is 39.9 Å². The zero-order valence-electron chi connectivity index (χ0n) is 31.8. The molecular weight excluding hydrogens is 713 g/mol. The topological polar surface area (TPSA) is 175 Å². The molecule has 2 bridgehead atoms. The van der Waals surface area contributed by atoms with Gasteiger partial charge >= 0.3 is 12.2 Å². The van der Waals surface area contributed by atoms with Gasteiger partial charge in [-0.15, -0.1) is 0 Å². The van der Waals surface area contributed by atoms with Crippen LogP contribution in [0.25, 0.3) is 44.4 Å². The van der Waals surface area contributed by atoms with Crippen LogP contribution in [-0.4, -0.2) is 93.6 Å². The van der Waals surface area contributed by atoms with Gasteiger partial charge in [-0.3, -0.25) is 9.59 Å². The molecule has 2 aliphatic carbocycles. The number of likely N-dealkylation sites (tertiary alicyclic amines) is 1. The molecule has 290 valence electrons. The predicted molar refractivity (Wildman–Crippen MR) is 209 cm³/mol. The van der Waals surface area contributed by atoms with E-state index in [4.69, 9.17) is 4.98 Å². The summed E-state index contributed by atoms with van der Waals surface area (Å²) in [5.74, 6) is 1.46. The molecule has 3 aromatic carbocycles. The van der Waals surface area contributed by atoms with Crippen molar-refractivity contribution in [2.45, 2.75) is 57.7 Å². The molecule has 4 amide bonds. The zero-order chi connectivity index (χ0) is 39.0. The molecule has 56 heavy (non-hydrogen) atoms. The van der Waals surface area contributed by atoms with E-state index in [0.717, 1.165) is 82.3 Å². The highest BCUT2D eigenvalue weighted by Gasteiger charge is 2.49. The predicted octanol–water partition coefficient (Wildman–Crippen LogP) is 6.18. The molecule has 3 atom stereocenters. The van der Waals surface area contributed by atoms with Gasteiger partial charge in [0.25, 0.3) is 0 Å². The van der Waals surface area contributed by atoms with Crippen molar-refractivity contribution in [2.24, 2.45) is 11.3 Å². The number of nitrogens with zero attached hydrogens (tertiary/aromatic N) is 4. The van der Waals surface area contributed by atoms with Crippen molar-refractivity contribution in [2.75, 3.05) is 33.9 Å². The molecule has 0 radical (unpaired) electrons. The van der Waals surface area contributed by atoms with E-state index in [1.165, 1.54) is 14.2 Å². The van der Waals surface area contributed by atoms with E-state index < -0.39 is 12.2 Å². The third-order valence-electron chi connectivity index (χ3n) is 11.6. The van der Waals surface area contributed by atoms with Crippen LogP contribution in [0.3, 0.4) is 0 Å². The lowest BCUT2D eigenvalue weighted by molar-refractivity contribution is -0.135. The number of aromatic nitrogens is 4. The molecule has 1 aliphatic heterocycles. The number of carbonyl (C=O) groups is 4. The molecule has 2 saturated carbocycles. The number of alkyl carbamates (subject to hydrolysis) is 2. The van der Waals surface area contributed by atoms with Crippen molar-refractivity contribution in [1.29, 1.82) is 0 Å². The van der Waals surface area contributed by atoms with E-state index in [0.29, 0.717) is 24.8 Å². The first-order valence-corrected chi connectivity index (χ1v) is 19.1. The molecule has 1 saturated heterocycles. The third-order valence-corrected chi connectivity index (χ3v) is 11.6. The quantitative estimate of drug-likeness (QED) is 0.117. The van der Waals surface area contributed by atoms with Crippen molar-refractivity contribution < 1.29 is 28.7 Å². The van der Waals surface area contributed by atoms with Crippen molar-refractivity contribution >= 4 is 34.8 Å². The monoisotopic (exact) mass is 758 g/mol. The number of hydrogen-bond donors (Lipinski definition) is 4. The summed E-state index contributed by atoms with van der Waals surface area (Å²) in [6.45, 7) is 2.83. The number of rotatable bonds is 12. The van der Waals surface area contributed by atoms with Gasteiger partial charge in [0, 0.05) is 18.2 Å². The van der Waals surface area contributed by atoms with Crippen molar-refractivity contribution in [3.63, 3.8) is 0 Å². The van der Waals surface area contributed by atoms with Crippen LogP contribution in [0.4, 0.5) is 9.59 Å². The summed E-state index contributed by atoms with van der Waals surface area (Å²) in [7, 11) is 2.55. The van der Waals surface area contributed by atoms with E-state index in [1.54, 1.807) is 11.1 Å². The molecule has 5 aromatic rings. The smallest absolute Gasteiger partial charge is 0.407 e. The van der Waals surface area contributed by atoms with E-state index in [9.17, 15) is 19.2 Å².